The SMILES string of the molecule is O=C(NCCCn1cccn1)N[C@H]1CCSc2ccccc21. The highest BCUT2D eigenvalue weighted by Gasteiger charge is 2.21. The van der Waals surface area contributed by atoms with Crippen LogP contribution in [0.3, 0.4) is 0 Å². The second kappa shape index (κ2) is 7.35. The van der Waals surface area contributed by atoms with Gasteiger partial charge in [-0.1, -0.05) is 18.2 Å². The normalized spacial score (nSPS) is 16.8. The Morgan fingerprint density at radius 3 is 3.14 bits per heavy atom. The van der Waals surface area contributed by atoms with Crippen LogP contribution in [0.4, 0.5) is 4.79 Å². The van der Waals surface area contributed by atoms with Crippen molar-refractivity contribution in [2.75, 3.05) is 12.3 Å². The number of urea groups is 1. The van der Waals surface area contributed by atoms with Gasteiger partial charge in [0.05, 0.1) is 6.04 Å². The molecule has 0 radical (unpaired) electrons. The largest absolute Gasteiger partial charge is 0.338 e. The Morgan fingerprint density at radius 1 is 1.36 bits per heavy atom. The summed E-state index contributed by atoms with van der Waals surface area (Å²) in [7, 11) is 0. The Hall–Kier alpha value is -1.95. The molecule has 0 fully saturated rings. The molecule has 1 aliphatic heterocycles. The predicted molar refractivity (Wildman–Crippen MR) is 87.9 cm³/mol. The molecule has 22 heavy (non-hydrogen) atoms. The maximum Gasteiger partial charge on any atom is 0.315 e. The molecule has 3 rings (SSSR count). The number of thioether (sulfide) groups is 1. The Bertz CT molecular complexity index is 614. The molecule has 1 aromatic heterocycles. The zero-order valence-corrected chi connectivity index (χ0v) is 13.2. The molecule has 2 aromatic rings. The number of aryl methyl sites for hydroxylation is 1. The fraction of sp³-hybridized carbons (Fsp3) is 0.375. The highest BCUT2D eigenvalue weighted by Crippen LogP contribution is 2.35. The molecule has 2 heterocycles. The molecule has 1 aromatic carbocycles. The molecular weight excluding hydrogens is 296 g/mol. The highest BCUT2D eigenvalue weighted by atomic mass is 32.2. The fourth-order valence-corrected chi connectivity index (χ4v) is 3.70. The van der Waals surface area contributed by atoms with Crippen LogP contribution in [0.1, 0.15) is 24.4 Å². The van der Waals surface area contributed by atoms with Gasteiger partial charge in [0.2, 0.25) is 0 Å². The minimum absolute atomic E-state index is 0.0906. The summed E-state index contributed by atoms with van der Waals surface area (Å²) in [5.74, 6) is 1.04. The third-order valence-electron chi connectivity index (χ3n) is 3.67. The predicted octanol–water partition coefficient (Wildman–Crippen LogP) is 2.81. The van der Waals surface area contributed by atoms with Gasteiger partial charge < -0.3 is 10.6 Å². The molecule has 1 atom stereocenters. The lowest BCUT2D eigenvalue weighted by molar-refractivity contribution is 0.236. The lowest BCUT2D eigenvalue weighted by atomic mass is 10.0. The Balaban J connectivity index is 1.44. The number of nitrogens with zero attached hydrogens (tertiary/aromatic N) is 2. The van der Waals surface area contributed by atoms with Gasteiger partial charge in [0.1, 0.15) is 0 Å². The van der Waals surface area contributed by atoms with Crippen molar-refractivity contribution in [3.05, 3.63) is 48.3 Å². The van der Waals surface area contributed by atoms with Crippen LogP contribution < -0.4 is 10.6 Å². The molecule has 5 nitrogen and oxygen atoms in total. The standard InChI is InChI=1S/C16H20N4OS/c21-16(17-8-3-10-20-11-4-9-18-20)19-14-7-12-22-15-6-2-1-5-13(14)15/h1-2,4-6,9,11,14H,3,7-8,10,12H2,(H2,17,19,21)/t14-/m0/s1. The maximum absolute atomic E-state index is 12.0. The average Bonchev–Trinajstić information content (AvgIpc) is 3.05. The summed E-state index contributed by atoms with van der Waals surface area (Å²) in [4.78, 5) is 13.3. The van der Waals surface area contributed by atoms with Crippen LogP contribution in [0.5, 0.6) is 0 Å². The molecular formula is C16H20N4OS. The Labute approximate surface area is 134 Å². The second-order valence-corrected chi connectivity index (χ2v) is 6.39. The van der Waals surface area contributed by atoms with Crippen molar-refractivity contribution in [1.29, 1.82) is 0 Å². The average molecular weight is 316 g/mol. The summed E-state index contributed by atoms with van der Waals surface area (Å²) in [6.45, 7) is 1.46. The van der Waals surface area contributed by atoms with E-state index in [-0.39, 0.29) is 12.1 Å². The summed E-state index contributed by atoms with van der Waals surface area (Å²) in [5.41, 5.74) is 1.23. The van der Waals surface area contributed by atoms with Crippen molar-refractivity contribution >= 4 is 17.8 Å². The van der Waals surface area contributed by atoms with Crippen LogP contribution in [0.2, 0.25) is 0 Å². The number of rotatable bonds is 5. The van der Waals surface area contributed by atoms with E-state index < -0.39 is 0 Å². The van der Waals surface area contributed by atoms with Gasteiger partial charge >= 0.3 is 6.03 Å². The van der Waals surface area contributed by atoms with Crippen molar-refractivity contribution in [2.24, 2.45) is 0 Å². The Kier molecular flexibility index (Phi) is 5.00. The first kappa shape index (κ1) is 15.0. The summed E-state index contributed by atoms with van der Waals surface area (Å²) < 4.78 is 1.87. The summed E-state index contributed by atoms with van der Waals surface area (Å²) in [6, 6.07) is 10.2. The van der Waals surface area contributed by atoms with Gasteiger partial charge in [-0.2, -0.15) is 5.10 Å². The van der Waals surface area contributed by atoms with E-state index in [1.54, 1.807) is 6.20 Å². The molecule has 1 aliphatic rings. The van der Waals surface area contributed by atoms with Crippen molar-refractivity contribution < 1.29 is 4.79 Å². The van der Waals surface area contributed by atoms with Crippen molar-refractivity contribution in [2.45, 2.75) is 30.3 Å². The quantitative estimate of drug-likeness (QED) is 0.834. The van der Waals surface area contributed by atoms with E-state index in [0.29, 0.717) is 6.54 Å². The number of hydrogen-bond acceptors (Lipinski definition) is 3. The first-order valence-electron chi connectivity index (χ1n) is 7.56. The van der Waals surface area contributed by atoms with E-state index in [1.165, 1.54) is 10.5 Å². The zero-order valence-electron chi connectivity index (χ0n) is 12.4. The van der Waals surface area contributed by atoms with E-state index in [0.717, 1.165) is 25.1 Å². The van der Waals surface area contributed by atoms with E-state index in [4.69, 9.17) is 0 Å². The first-order valence-corrected chi connectivity index (χ1v) is 8.55. The molecule has 0 saturated heterocycles. The number of carbonyl (C=O) groups excluding carboxylic acids is 1. The molecule has 2 amide bonds. The summed E-state index contributed by atoms with van der Waals surface area (Å²) in [6.07, 6.45) is 5.53. The van der Waals surface area contributed by atoms with E-state index in [1.807, 2.05) is 40.8 Å². The molecule has 0 unspecified atom stereocenters. The number of carbonyl (C=O) groups is 1. The number of fused-ring (bicyclic) bond motifs is 1. The highest BCUT2D eigenvalue weighted by molar-refractivity contribution is 7.99. The van der Waals surface area contributed by atoms with Gasteiger partial charge in [-0.3, -0.25) is 4.68 Å². The zero-order chi connectivity index (χ0) is 15.2. The van der Waals surface area contributed by atoms with E-state index in [2.05, 4.69) is 27.9 Å². The molecule has 116 valence electrons. The first-order chi connectivity index (χ1) is 10.8. The van der Waals surface area contributed by atoms with Gasteiger partial charge in [0.15, 0.2) is 0 Å². The fourth-order valence-electron chi connectivity index (χ4n) is 2.58. The lowest BCUT2D eigenvalue weighted by Gasteiger charge is -2.25. The van der Waals surface area contributed by atoms with Gasteiger partial charge in [0.25, 0.3) is 0 Å². The van der Waals surface area contributed by atoms with Crippen molar-refractivity contribution in [3.8, 4) is 0 Å². The second-order valence-electron chi connectivity index (χ2n) is 5.25. The van der Waals surface area contributed by atoms with Gasteiger partial charge in [0, 0.05) is 36.1 Å². The number of benzene rings is 1. The summed E-state index contributed by atoms with van der Waals surface area (Å²) in [5, 5.41) is 10.1. The van der Waals surface area contributed by atoms with Crippen LogP contribution in [0.15, 0.2) is 47.6 Å². The van der Waals surface area contributed by atoms with E-state index in [9.17, 15) is 4.79 Å². The minimum Gasteiger partial charge on any atom is -0.338 e. The maximum atomic E-state index is 12.0. The van der Waals surface area contributed by atoms with Crippen molar-refractivity contribution in [1.82, 2.24) is 20.4 Å². The molecule has 0 saturated carbocycles. The molecule has 0 aliphatic carbocycles. The van der Waals surface area contributed by atoms with Gasteiger partial charge in [-0.25, -0.2) is 4.79 Å². The van der Waals surface area contributed by atoms with Gasteiger partial charge in [-0.05, 0) is 30.5 Å². The summed E-state index contributed by atoms with van der Waals surface area (Å²) >= 11 is 1.86. The van der Waals surface area contributed by atoms with Crippen molar-refractivity contribution in [3.63, 3.8) is 0 Å². The van der Waals surface area contributed by atoms with Crippen LogP contribution >= 0.6 is 11.8 Å². The lowest BCUT2D eigenvalue weighted by Crippen LogP contribution is -2.39. The third-order valence-corrected chi connectivity index (χ3v) is 4.80. The number of hydrogen-bond donors (Lipinski definition) is 2. The monoisotopic (exact) mass is 316 g/mol. The molecule has 0 spiro atoms. The van der Waals surface area contributed by atoms with E-state index >= 15 is 0 Å². The topological polar surface area (TPSA) is 59.0 Å². The van der Waals surface area contributed by atoms with Gasteiger partial charge in [-0.15, -0.1) is 11.8 Å². The third kappa shape index (κ3) is 3.82. The molecule has 0 bridgehead atoms. The Morgan fingerprint density at radius 2 is 2.27 bits per heavy atom. The van der Waals surface area contributed by atoms with Crippen LogP contribution in [-0.4, -0.2) is 28.1 Å². The van der Waals surface area contributed by atoms with Crippen LogP contribution in [-0.2, 0) is 6.54 Å². The number of amides is 2. The smallest absolute Gasteiger partial charge is 0.315 e. The number of aromatic nitrogens is 2. The number of nitrogens with one attached hydrogen (secondary N) is 2. The molecule has 6 heteroatoms. The van der Waals surface area contributed by atoms with Crippen LogP contribution in [0, 0.1) is 0 Å². The molecule has 2 N–H and O–H groups in total. The van der Waals surface area contributed by atoms with Crippen LogP contribution in [0.25, 0.3) is 0 Å². The minimum atomic E-state index is -0.0906.